The topological polar surface area (TPSA) is 35.5 Å². The summed E-state index contributed by atoms with van der Waals surface area (Å²) in [6.45, 7) is 9.67. The highest BCUT2D eigenvalue weighted by Crippen LogP contribution is 2.32. The largest absolute Gasteiger partial charge is 0.356 e. The fourth-order valence-electron chi connectivity index (χ4n) is 4.74. The summed E-state index contributed by atoms with van der Waals surface area (Å²) in [5.41, 5.74) is 2.73. The van der Waals surface area contributed by atoms with Crippen molar-refractivity contribution in [2.45, 2.75) is 45.1 Å². The standard InChI is InChI=1S/C19H31N5/c1-15(23-12-10-22(2)11-13-23)16-6-8-24(9-7-16)19-17-4-3-5-18(17)20-14-21-19/h14-16H,3-13H2,1-2H3/t15-/m0/s1. The van der Waals surface area contributed by atoms with Gasteiger partial charge in [0.25, 0.3) is 0 Å². The highest BCUT2D eigenvalue weighted by atomic mass is 15.3. The third-order valence-electron chi connectivity index (χ3n) is 6.49. The van der Waals surface area contributed by atoms with Crippen LogP contribution in [0.25, 0.3) is 0 Å². The predicted octanol–water partition coefficient (Wildman–Crippen LogP) is 1.82. The smallest absolute Gasteiger partial charge is 0.135 e. The predicted molar refractivity (Wildman–Crippen MR) is 97.5 cm³/mol. The van der Waals surface area contributed by atoms with Crippen LogP contribution in [0.3, 0.4) is 0 Å². The Kier molecular flexibility index (Phi) is 4.72. The van der Waals surface area contributed by atoms with Gasteiger partial charge in [0.2, 0.25) is 0 Å². The molecule has 1 aromatic rings. The Bertz CT molecular complexity index is 559. The van der Waals surface area contributed by atoms with Crippen LogP contribution in [-0.2, 0) is 12.8 Å². The number of likely N-dealkylation sites (N-methyl/N-ethyl adjacent to an activating group) is 1. The minimum absolute atomic E-state index is 0.719. The molecular weight excluding hydrogens is 298 g/mol. The quantitative estimate of drug-likeness (QED) is 0.845. The maximum atomic E-state index is 4.64. The van der Waals surface area contributed by atoms with Gasteiger partial charge in [0.1, 0.15) is 12.1 Å². The molecule has 2 fully saturated rings. The molecule has 4 rings (SSSR count). The van der Waals surface area contributed by atoms with Gasteiger partial charge in [0.15, 0.2) is 0 Å². The first-order chi connectivity index (χ1) is 11.7. The molecule has 24 heavy (non-hydrogen) atoms. The lowest BCUT2D eigenvalue weighted by molar-refractivity contribution is 0.0813. The Morgan fingerprint density at radius 2 is 1.75 bits per heavy atom. The van der Waals surface area contributed by atoms with Crippen LogP contribution in [0.2, 0.25) is 0 Å². The summed E-state index contributed by atoms with van der Waals surface area (Å²) >= 11 is 0. The highest BCUT2D eigenvalue weighted by molar-refractivity contribution is 5.50. The third-order valence-corrected chi connectivity index (χ3v) is 6.49. The van der Waals surface area contributed by atoms with Gasteiger partial charge in [-0.2, -0.15) is 0 Å². The molecule has 1 aromatic heterocycles. The number of nitrogens with zero attached hydrogens (tertiary/aromatic N) is 5. The van der Waals surface area contributed by atoms with E-state index in [-0.39, 0.29) is 0 Å². The van der Waals surface area contributed by atoms with Crippen molar-refractivity contribution in [3.8, 4) is 0 Å². The van der Waals surface area contributed by atoms with Gasteiger partial charge < -0.3 is 9.80 Å². The van der Waals surface area contributed by atoms with Crippen LogP contribution in [0.5, 0.6) is 0 Å². The van der Waals surface area contributed by atoms with Crippen molar-refractivity contribution in [1.82, 2.24) is 19.8 Å². The van der Waals surface area contributed by atoms with Gasteiger partial charge in [-0.05, 0) is 52.0 Å². The van der Waals surface area contributed by atoms with E-state index in [4.69, 9.17) is 0 Å². The molecule has 2 saturated heterocycles. The number of piperidine rings is 1. The van der Waals surface area contributed by atoms with E-state index >= 15 is 0 Å². The molecule has 5 nitrogen and oxygen atoms in total. The number of rotatable bonds is 3. The maximum Gasteiger partial charge on any atom is 0.135 e. The average Bonchev–Trinajstić information content (AvgIpc) is 3.11. The minimum Gasteiger partial charge on any atom is -0.356 e. The molecule has 3 aliphatic rings. The number of hydrogen-bond acceptors (Lipinski definition) is 5. The Morgan fingerprint density at radius 1 is 1.00 bits per heavy atom. The van der Waals surface area contributed by atoms with E-state index in [1.165, 1.54) is 68.9 Å². The molecule has 132 valence electrons. The van der Waals surface area contributed by atoms with Crippen LogP contribution < -0.4 is 4.90 Å². The minimum atomic E-state index is 0.719. The lowest BCUT2D eigenvalue weighted by Gasteiger charge is -2.43. The van der Waals surface area contributed by atoms with E-state index in [9.17, 15) is 0 Å². The second-order valence-electron chi connectivity index (χ2n) is 7.88. The van der Waals surface area contributed by atoms with Crippen molar-refractivity contribution in [2.24, 2.45) is 5.92 Å². The van der Waals surface area contributed by atoms with Crippen molar-refractivity contribution in [1.29, 1.82) is 0 Å². The number of piperazine rings is 1. The number of fused-ring (bicyclic) bond motifs is 1. The number of aryl methyl sites for hydroxylation is 1. The Labute approximate surface area is 146 Å². The Balaban J connectivity index is 1.36. The van der Waals surface area contributed by atoms with Gasteiger partial charge in [0, 0.05) is 56.6 Å². The van der Waals surface area contributed by atoms with Gasteiger partial charge in [-0.25, -0.2) is 9.97 Å². The summed E-state index contributed by atoms with van der Waals surface area (Å²) in [5, 5.41) is 0. The fourth-order valence-corrected chi connectivity index (χ4v) is 4.74. The van der Waals surface area contributed by atoms with Gasteiger partial charge in [-0.1, -0.05) is 0 Å². The van der Waals surface area contributed by atoms with Crippen molar-refractivity contribution < 1.29 is 0 Å². The molecule has 1 atom stereocenters. The third kappa shape index (κ3) is 3.16. The zero-order valence-electron chi connectivity index (χ0n) is 15.2. The van der Waals surface area contributed by atoms with Gasteiger partial charge >= 0.3 is 0 Å². The number of aromatic nitrogens is 2. The highest BCUT2D eigenvalue weighted by Gasteiger charge is 2.30. The fraction of sp³-hybridized carbons (Fsp3) is 0.789. The van der Waals surface area contributed by atoms with E-state index < -0.39 is 0 Å². The summed E-state index contributed by atoms with van der Waals surface area (Å²) in [6, 6.07) is 0.719. The zero-order valence-corrected chi connectivity index (χ0v) is 15.2. The molecule has 0 N–H and O–H groups in total. The van der Waals surface area contributed by atoms with Gasteiger partial charge in [-0.3, -0.25) is 4.90 Å². The molecule has 0 amide bonds. The van der Waals surface area contributed by atoms with E-state index in [1.807, 2.05) is 0 Å². The Hall–Kier alpha value is -1.20. The van der Waals surface area contributed by atoms with E-state index in [1.54, 1.807) is 6.33 Å². The Morgan fingerprint density at radius 3 is 2.50 bits per heavy atom. The molecule has 0 unspecified atom stereocenters. The van der Waals surface area contributed by atoms with Crippen LogP contribution in [0.1, 0.15) is 37.4 Å². The first kappa shape index (κ1) is 16.3. The van der Waals surface area contributed by atoms with Crippen LogP contribution in [-0.4, -0.2) is 72.1 Å². The zero-order chi connectivity index (χ0) is 16.5. The summed E-state index contributed by atoms with van der Waals surface area (Å²) in [7, 11) is 2.24. The van der Waals surface area contributed by atoms with Crippen LogP contribution >= 0.6 is 0 Å². The summed E-state index contributed by atoms with van der Waals surface area (Å²) < 4.78 is 0. The SMILES string of the molecule is C[C@@H](C1CCN(c2ncnc3c2CCC3)CC1)N1CCN(C)CC1. The second-order valence-corrected chi connectivity index (χ2v) is 7.88. The van der Waals surface area contributed by atoms with E-state index in [2.05, 4.69) is 38.6 Å². The summed E-state index contributed by atoms with van der Waals surface area (Å²) in [4.78, 5) is 16.8. The average molecular weight is 329 g/mol. The van der Waals surface area contributed by atoms with Crippen LogP contribution in [0.4, 0.5) is 5.82 Å². The molecule has 0 radical (unpaired) electrons. The number of anilines is 1. The van der Waals surface area contributed by atoms with E-state index in [0.717, 1.165) is 31.5 Å². The molecular formula is C19H31N5. The van der Waals surface area contributed by atoms with Crippen LogP contribution in [0.15, 0.2) is 6.33 Å². The lowest BCUT2D eigenvalue weighted by Crippen LogP contribution is -2.51. The molecule has 0 aromatic carbocycles. The molecule has 0 spiro atoms. The van der Waals surface area contributed by atoms with Crippen molar-refractivity contribution >= 4 is 5.82 Å². The molecule has 5 heteroatoms. The van der Waals surface area contributed by atoms with Crippen LogP contribution in [0, 0.1) is 5.92 Å². The first-order valence-electron chi connectivity index (χ1n) is 9.72. The molecule has 1 aliphatic carbocycles. The molecule has 3 heterocycles. The van der Waals surface area contributed by atoms with Gasteiger partial charge in [0.05, 0.1) is 0 Å². The normalized spacial score (nSPS) is 25.0. The van der Waals surface area contributed by atoms with Crippen molar-refractivity contribution in [3.63, 3.8) is 0 Å². The van der Waals surface area contributed by atoms with E-state index in [0.29, 0.717) is 0 Å². The number of hydrogen-bond donors (Lipinski definition) is 0. The van der Waals surface area contributed by atoms with Crippen molar-refractivity contribution in [3.05, 3.63) is 17.6 Å². The summed E-state index contributed by atoms with van der Waals surface area (Å²) in [6.07, 6.45) is 7.93. The molecule has 0 saturated carbocycles. The maximum absolute atomic E-state index is 4.64. The summed E-state index contributed by atoms with van der Waals surface area (Å²) in [5.74, 6) is 2.07. The second kappa shape index (κ2) is 6.96. The molecule has 0 bridgehead atoms. The monoisotopic (exact) mass is 329 g/mol. The molecule has 2 aliphatic heterocycles. The lowest BCUT2D eigenvalue weighted by atomic mass is 9.89. The van der Waals surface area contributed by atoms with Crippen molar-refractivity contribution in [2.75, 3.05) is 51.2 Å². The first-order valence-corrected chi connectivity index (χ1v) is 9.72. The van der Waals surface area contributed by atoms with Gasteiger partial charge in [-0.15, -0.1) is 0 Å².